The SMILES string of the molecule is N=C(N)c1ccc(Oc2cc(Br)cc(F)c2F)c(F)c1Br. The molecular formula is C13H7Br2F3N2O. The number of nitrogens with two attached hydrogens (primary N) is 1. The number of hydrogen-bond acceptors (Lipinski definition) is 2. The summed E-state index contributed by atoms with van der Waals surface area (Å²) in [4.78, 5) is 0. The fourth-order valence-electron chi connectivity index (χ4n) is 1.54. The summed E-state index contributed by atoms with van der Waals surface area (Å²) >= 11 is 5.93. The summed E-state index contributed by atoms with van der Waals surface area (Å²) in [6.07, 6.45) is 0. The predicted molar refractivity (Wildman–Crippen MR) is 79.2 cm³/mol. The molecule has 0 fully saturated rings. The topological polar surface area (TPSA) is 59.1 Å². The molecule has 0 aliphatic carbocycles. The fourth-order valence-corrected chi connectivity index (χ4v) is 2.49. The van der Waals surface area contributed by atoms with Gasteiger partial charge in [-0.2, -0.15) is 4.39 Å². The van der Waals surface area contributed by atoms with Crippen molar-refractivity contribution >= 4 is 37.7 Å². The van der Waals surface area contributed by atoms with Gasteiger partial charge in [0.1, 0.15) is 5.84 Å². The van der Waals surface area contributed by atoms with Gasteiger partial charge >= 0.3 is 0 Å². The molecule has 2 aromatic carbocycles. The van der Waals surface area contributed by atoms with E-state index >= 15 is 0 Å². The molecule has 8 heteroatoms. The maximum Gasteiger partial charge on any atom is 0.201 e. The minimum Gasteiger partial charge on any atom is -0.451 e. The van der Waals surface area contributed by atoms with Crippen molar-refractivity contribution in [2.75, 3.05) is 0 Å². The van der Waals surface area contributed by atoms with Crippen molar-refractivity contribution in [3.8, 4) is 11.5 Å². The van der Waals surface area contributed by atoms with Crippen LogP contribution in [0.4, 0.5) is 13.2 Å². The molecule has 2 aromatic rings. The molecule has 0 spiro atoms. The smallest absolute Gasteiger partial charge is 0.201 e. The van der Waals surface area contributed by atoms with E-state index in [0.29, 0.717) is 0 Å². The molecular weight excluding hydrogens is 417 g/mol. The molecule has 0 saturated heterocycles. The minimum atomic E-state index is -1.23. The van der Waals surface area contributed by atoms with Gasteiger partial charge in [0.2, 0.25) is 5.82 Å². The molecule has 0 amide bonds. The van der Waals surface area contributed by atoms with Gasteiger partial charge in [-0.3, -0.25) is 5.41 Å². The van der Waals surface area contributed by atoms with Crippen LogP contribution in [0, 0.1) is 22.9 Å². The largest absolute Gasteiger partial charge is 0.451 e. The third-order valence-electron chi connectivity index (χ3n) is 2.52. The molecule has 3 nitrogen and oxygen atoms in total. The second-order valence-corrected chi connectivity index (χ2v) is 5.66. The van der Waals surface area contributed by atoms with Gasteiger partial charge < -0.3 is 10.5 Å². The van der Waals surface area contributed by atoms with Gasteiger partial charge in [0.25, 0.3) is 0 Å². The summed E-state index contributed by atoms with van der Waals surface area (Å²) in [5.41, 5.74) is 5.41. The summed E-state index contributed by atoms with van der Waals surface area (Å²) in [6, 6.07) is 4.60. The maximum absolute atomic E-state index is 14.1. The van der Waals surface area contributed by atoms with E-state index in [-0.39, 0.29) is 26.1 Å². The first kappa shape index (κ1) is 15.8. The van der Waals surface area contributed by atoms with E-state index in [4.69, 9.17) is 15.9 Å². The minimum absolute atomic E-state index is 0.0941. The van der Waals surface area contributed by atoms with E-state index in [1.54, 1.807) is 0 Å². The van der Waals surface area contributed by atoms with Gasteiger partial charge in [-0.25, -0.2) is 8.78 Å². The Kier molecular flexibility index (Phi) is 4.58. The van der Waals surface area contributed by atoms with Crippen molar-refractivity contribution in [1.29, 1.82) is 5.41 Å². The van der Waals surface area contributed by atoms with Crippen LogP contribution in [-0.4, -0.2) is 5.84 Å². The van der Waals surface area contributed by atoms with Gasteiger partial charge in [-0.05, 0) is 40.2 Å². The fraction of sp³-hybridized carbons (Fsp3) is 0. The Morgan fingerprint density at radius 2 is 1.71 bits per heavy atom. The Morgan fingerprint density at radius 1 is 1.05 bits per heavy atom. The van der Waals surface area contributed by atoms with Crippen molar-refractivity contribution in [3.63, 3.8) is 0 Å². The molecule has 0 radical (unpaired) electrons. The van der Waals surface area contributed by atoms with E-state index in [1.807, 2.05) is 0 Å². The highest BCUT2D eigenvalue weighted by Gasteiger charge is 2.18. The van der Waals surface area contributed by atoms with Gasteiger partial charge in [0.05, 0.1) is 4.47 Å². The zero-order valence-corrected chi connectivity index (χ0v) is 13.4. The van der Waals surface area contributed by atoms with Crippen LogP contribution in [0.25, 0.3) is 0 Å². The van der Waals surface area contributed by atoms with Crippen LogP contribution < -0.4 is 10.5 Å². The molecule has 0 heterocycles. The normalized spacial score (nSPS) is 10.5. The number of halogens is 5. The first-order valence-electron chi connectivity index (χ1n) is 5.46. The zero-order valence-electron chi connectivity index (χ0n) is 10.2. The summed E-state index contributed by atoms with van der Waals surface area (Å²) in [7, 11) is 0. The van der Waals surface area contributed by atoms with Crippen molar-refractivity contribution in [1.82, 2.24) is 0 Å². The first-order chi connectivity index (χ1) is 9.81. The number of amidine groups is 1. The molecule has 3 N–H and O–H groups in total. The second kappa shape index (κ2) is 6.07. The van der Waals surface area contributed by atoms with Gasteiger partial charge in [-0.1, -0.05) is 15.9 Å². The Balaban J connectivity index is 2.46. The van der Waals surface area contributed by atoms with Gasteiger partial charge in [-0.15, -0.1) is 0 Å². The molecule has 0 aromatic heterocycles. The standard InChI is InChI=1S/C13H7Br2F3N2O/c14-5-3-7(16)11(17)9(4-5)21-8-2-1-6(13(19)20)10(15)12(8)18/h1-4H,(H3,19,20). The van der Waals surface area contributed by atoms with Crippen LogP contribution >= 0.6 is 31.9 Å². The third-order valence-corrected chi connectivity index (χ3v) is 3.75. The zero-order chi connectivity index (χ0) is 15.7. The third kappa shape index (κ3) is 3.21. The molecule has 2 rings (SSSR count). The molecule has 0 aliphatic heterocycles. The Bertz CT molecular complexity index is 738. The molecule has 0 unspecified atom stereocenters. The van der Waals surface area contributed by atoms with Crippen LogP contribution in [0.3, 0.4) is 0 Å². The summed E-state index contributed by atoms with van der Waals surface area (Å²) < 4.78 is 46.2. The highest BCUT2D eigenvalue weighted by atomic mass is 79.9. The maximum atomic E-state index is 14.1. The summed E-state index contributed by atoms with van der Waals surface area (Å²) in [5, 5.41) is 7.28. The number of ether oxygens (including phenoxy) is 1. The summed E-state index contributed by atoms with van der Waals surface area (Å²) in [6.45, 7) is 0. The predicted octanol–water partition coefficient (Wildman–Crippen LogP) is 4.71. The molecule has 0 aliphatic rings. The number of nitrogens with one attached hydrogen (secondary N) is 1. The molecule has 0 atom stereocenters. The molecule has 21 heavy (non-hydrogen) atoms. The lowest BCUT2D eigenvalue weighted by Gasteiger charge is -2.11. The van der Waals surface area contributed by atoms with Crippen molar-refractivity contribution < 1.29 is 17.9 Å². The highest BCUT2D eigenvalue weighted by Crippen LogP contribution is 2.34. The van der Waals surface area contributed by atoms with Crippen molar-refractivity contribution in [3.05, 3.63) is 56.2 Å². The van der Waals surface area contributed by atoms with E-state index in [9.17, 15) is 13.2 Å². The summed E-state index contributed by atoms with van der Waals surface area (Å²) in [5.74, 6) is -4.37. The average molecular weight is 424 g/mol. The van der Waals surface area contributed by atoms with E-state index in [1.165, 1.54) is 18.2 Å². The number of hydrogen-bond donors (Lipinski definition) is 2. The number of nitrogen functional groups attached to an aromatic ring is 1. The lowest BCUT2D eigenvalue weighted by Crippen LogP contribution is -2.12. The van der Waals surface area contributed by atoms with Crippen molar-refractivity contribution in [2.24, 2.45) is 5.73 Å². The quantitative estimate of drug-likeness (QED) is 0.427. The van der Waals surface area contributed by atoms with Crippen LogP contribution in [0.15, 0.2) is 33.2 Å². The van der Waals surface area contributed by atoms with Crippen LogP contribution in [0.2, 0.25) is 0 Å². The van der Waals surface area contributed by atoms with E-state index in [0.717, 1.165) is 6.07 Å². The van der Waals surface area contributed by atoms with Crippen molar-refractivity contribution in [2.45, 2.75) is 0 Å². The Hall–Kier alpha value is -1.54. The second-order valence-electron chi connectivity index (χ2n) is 3.95. The lowest BCUT2D eigenvalue weighted by molar-refractivity contribution is 0.395. The Morgan fingerprint density at radius 3 is 2.33 bits per heavy atom. The lowest BCUT2D eigenvalue weighted by atomic mass is 10.2. The van der Waals surface area contributed by atoms with Crippen LogP contribution in [0.1, 0.15) is 5.56 Å². The number of rotatable bonds is 3. The van der Waals surface area contributed by atoms with Crippen LogP contribution in [-0.2, 0) is 0 Å². The van der Waals surface area contributed by atoms with Gasteiger partial charge in [0.15, 0.2) is 23.1 Å². The van der Waals surface area contributed by atoms with Gasteiger partial charge in [0, 0.05) is 10.0 Å². The van der Waals surface area contributed by atoms with E-state index in [2.05, 4.69) is 31.9 Å². The average Bonchev–Trinajstić information content (AvgIpc) is 2.40. The monoisotopic (exact) mass is 422 g/mol. The first-order valence-corrected chi connectivity index (χ1v) is 7.04. The van der Waals surface area contributed by atoms with E-state index < -0.39 is 23.2 Å². The highest BCUT2D eigenvalue weighted by molar-refractivity contribution is 9.10. The van der Waals surface area contributed by atoms with Crippen LogP contribution in [0.5, 0.6) is 11.5 Å². The molecule has 0 bridgehead atoms. The molecule has 110 valence electrons. The molecule has 0 saturated carbocycles. The number of benzene rings is 2. The Labute approximate surface area is 134 Å².